The van der Waals surface area contributed by atoms with Crippen LogP contribution >= 0.6 is 0 Å². The zero-order valence-corrected chi connectivity index (χ0v) is 10.5. The first-order valence-corrected chi connectivity index (χ1v) is 6.52. The van der Waals surface area contributed by atoms with Gasteiger partial charge in [0.25, 0.3) is 0 Å². The zero-order chi connectivity index (χ0) is 13.1. The fourth-order valence-corrected chi connectivity index (χ4v) is 2.27. The third kappa shape index (κ3) is 3.54. The Balaban J connectivity index is 2.80. The summed E-state index contributed by atoms with van der Waals surface area (Å²) in [7, 11) is -3.64. The van der Waals surface area contributed by atoms with Crippen molar-refractivity contribution >= 4 is 16.0 Å². The summed E-state index contributed by atoms with van der Waals surface area (Å²) in [5.74, 6) is -1.05. The second kappa shape index (κ2) is 4.85. The van der Waals surface area contributed by atoms with E-state index in [1.54, 1.807) is 18.2 Å². The second-order valence-corrected chi connectivity index (χ2v) is 6.09. The maximum absolute atomic E-state index is 11.8. The summed E-state index contributed by atoms with van der Waals surface area (Å²) >= 11 is 0. The standard InChI is InChI=1S/C11H15NO4S/c1-11(2,10(13)14)8-12-17(15,16)9-6-4-3-5-7-9/h3-7,12H,8H2,1-2H3,(H,13,14). The van der Waals surface area contributed by atoms with Crippen LogP contribution in [0, 0.1) is 5.41 Å². The molecule has 1 aromatic carbocycles. The number of aliphatic carboxylic acids is 1. The van der Waals surface area contributed by atoms with Gasteiger partial charge in [0.05, 0.1) is 10.3 Å². The van der Waals surface area contributed by atoms with Crippen LogP contribution in [0.15, 0.2) is 35.2 Å². The Hall–Kier alpha value is -1.40. The summed E-state index contributed by atoms with van der Waals surface area (Å²) in [6, 6.07) is 7.83. The molecule has 0 spiro atoms. The van der Waals surface area contributed by atoms with Gasteiger partial charge in [-0.1, -0.05) is 18.2 Å². The predicted molar refractivity (Wildman–Crippen MR) is 63.0 cm³/mol. The van der Waals surface area contributed by atoms with E-state index in [2.05, 4.69) is 4.72 Å². The van der Waals surface area contributed by atoms with Crippen molar-refractivity contribution in [1.29, 1.82) is 0 Å². The number of nitrogens with one attached hydrogen (secondary N) is 1. The smallest absolute Gasteiger partial charge is 0.310 e. The molecule has 0 fully saturated rings. The molecule has 1 rings (SSSR count). The van der Waals surface area contributed by atoms with Crippen LogP contribution in [0.5, 0.6) is 0 Å². The third-order valence-electron chi connectivity index (χ3n) is 2.34. The highest BCUT2D eigenvalue weighted by Crippen LogP contribution is 2.15. The fraction of sp³-hybridized carbons (Fsp3) is 0.364. The van der Waals surface area contributed by atoms with Crippen LogP contribution in [0.25, 0.3) is 0 Å². The molecular weight excluding hydrogens is 242 g/mol. The minimum Gasteiger partial charge on any atom is -0.481 e. The van der Waals surface area contributed by atoms with Gasteiger partial charge < -0.3 is 5.11 Å². The van der Waals surface area contributed by atoms with Gasteiger partial charge in [0.1, 0.15) is 0 Å². The molecule has 5 nitrogen and oxygen atoms in total. The highest BCUT2D eigenvalue weighted by atomic mass is 32.2. The number of hydrogen-bond acceptors (Lipinski definition) is 3. The number of carboxylic acid groups (broad SMARTS) is 1. The zero-order valence-electron chi connectivity index (χ0n) is 9.67. The Bertz CT molecular complexity index is 493. The number of rotatable bonds is 5. The van der Waals surface area contributed by atoms with Gasteiger partial charge >= 0.3 is 5.97 Å². The summed E-state index contributed by atoms with van der Waals surface area (Å²) in [5.41, 5.74) is -1.14. The summed E-state index contributed by atoms with van der Waals surface area (Å²) in [6.45, 7) is 2.77. The van der Waals surface area contributed by atoms with Crippen LogP contribution in [0.1, 0.15) is 13.8 Å². The highest BCUT2D eigenvalue weighted by molar-refractivity contribution is 7.89. The first-order chi connectivity index (χ1) is 7.76. The van der Waals surface area contributed by atoms with Crippen LogP contribution in [0.2, 0.25) is 0 Å². The molecule has 0 saturated heterocycles. The van der Waals surface area contributed by atoms with E-state index in [1.807, 2.05) is 0 Å². The van der Waals surface area contributed by atoms with Gasteiger partial charge in [0.2, 0.25) is 10.0 Å². The summed E-state index contributed by atoms with van der Waals surface area (Å²) in [4.78, 5) is 11.0. The molecule has 0 atom stereocenters. The minimum atomic E-state index is -3.64. The lowest BCUT2D eigenvalue weighted by Gasteiger charge is -2.19. The van der Waals surface area contributed by atoms with Crippen LogP contribution in [-0.2, 0) is 14.8 Å². The molecule has 0 bridgehead atoms. The van der Waals surface area contributed by atoms with Crippen molar-refractivity contribution in [2.75, 3.05) is 6.54 Å². The third-order valence-corrected chi connectivity index (χ3v) is 3.75. The van der Waals surface area contributed by atoms with E-state index >= 15 is 0 Å². The first kappa shape index (κ1) is 13.7. The van der Waals surface area contributed by atoms with Gasteiger partial charge in [0.15, 0.2) is 0 Å². The molecule has 0 heterocycles. The molecule has 0 unspecified atom stereocenters. The molecule has 1 aromatic rings. The van der Waals surface area contributed by atoms with Gasteiger partial charge in [-0.05, 0) is 26.0 Å². The lowest BCUT2D eigenvalue weighted by Crippen LogP contribution is -2.38. The van der Waals surface area contributed by atoms with Crippen molar-refractivity contribution in [1.82, 2.24) is 4.72 Å². The van der Waals surface area contributed by atoms with Gasteiger partial charge in [-0.2, -0.15) is 0 Å². The summed E-state index contributed by atoms with van der Waals surface area (Å²) in [5, 5.41) is 8.87. The maximum Gasteiger partial charge on any atom is 0.310 e. The van der Waals surface area contributed by atoms with Gasteiger partial charge in [-0.25, -0.2) is 13.1 Å². The average molecular weight is 257 g/mol. The fourth-order valence-electron chi connectivity index (χ4n) is 1.03. The Morgan fingerprint density at radius 1 is 1.29 bits per heavy atom. The van der Waals surface area contributed by atoms with Crippen LogP contribution in [0.3, 0.4) is 0 Å². The van der Waals surface area contributed by atoms with Gasteiger partial charge in [-0.3, -0.25) is 4.79 Å². The molecule has 0 radical (unpaired) electrons. The average Bonchev–Trinajstić information content (AvgIpc) is 2.28. The molecule has 0 aromatic heterocycles. The van der Waals surface area contributed by atoms with E-state index in [4.69, 9.17) is 5.11 Å². The number of benzene rings is 1. The number of sulfonamides is 1. The van der Waals surface area contributed by atoms with Crippen molar-refractivity contribution in [3.8, 4) is 0 Å². The van der Waals surface area contributed by atoms with Crippen LogP contribution in [0.4, 0.5) is 0 Å². The highest BCUT2D eigenvalue weighted by Gasteiger charge is 2.29. The van der Waals surface area contributed by atoms with Crippen molar-refractivity contribution in [2.45, 2.75) is 18.7 Å². The Kier molecular flexibility index (Phi) is 3.90. The normalized spacial score (nSPS) is 12.4. The molecule has 0 aliphatic heterocycles. The molecule has 0 aliphatic carbocycles. The maximum atomic E-state index is 11.8. The van der Waals surface area contributed by atoms with Crippen molar-refractivity contribution in [3.05, 3.63) is 30.3 Å². The molecule has 6 heteroatoms. The summed E-state index contributed by atoms with van der Waals surface area (Å²) < 4.78 is 25.9. The van der Waals surface area contributed by atoms with Gasteiger partial charge in [0, 0.05) is 6.54 Å². The lowest BCUT2D eigenvalue weighted by atomic mass is 9.95. The monoisotopic (exact) mass is 257 g/mol. The van der Waals surface area contributed by atoms with Gasteiger partial charge in [-0.15, -0.1) is 0 Å². The van der Waals surface area contributed by atoms with Crippen molar-refractivity contribution in [2.24, 2.45) is 5.41 Å². The van der Waals surface area contributed by atoms with Crippen molar-refractivity contribution < 1.29 is 18.3 Å². The SMILES string of the molecule is CC(C)(CNS(=O)(=O)c1ccccc1)C(=O)O. The van der Waals surface area contributed by atoms with Crippen molar-refractivity contribution in [3.63, 3.8) is 0 Å². The molecule has 94 valence electrons. The molecule has 0 saturated carbocycles. The largest absolute Gasteiger partial charge is 0.481 e. The summed E-state index contributed by atoms with van der Waals surface area (Å²) in [6.07, 6.45) is 0. The Morgan fingerprint density at radius 3 is 2.29 bits per heavy atom. The Morgan fingerprint density at radius 2 is 1.82 bits per heavy atom. The van der Waals surface area contributed by atoms with E-state index in [0.717, 1.165) is 0 Å². The molecule has 17 heavy (non-hydrogen) atoms. The number of carboxylic acids is 1. The first-order valence-electron chi connectivity index (χ1n) is 5.04. The lowest BCUT2D eigenvalue weighted by molar-refractivity contribution is -0.146. The van der Waals surface area contributed by atoms with Crippen LogP contribution < -0.4 is 4.72 Å². The second-order valence-electron chi connectivity index (χ2n) is 4.33. The number of carbonyl (C=O) groups is 1. The van der Waals surface area contributed by atoms with E-state index < -0.39 is 21.4 Å². The van der Waals surface area contributed by atoms with E-state index in [9.17, 15) is 13.2 Å². The molecule has 0 amide bonds. The van der Waals surface area contributed by atoms with E-state index in [0.29, 0.717) is 0 Å². The van der Waals surface area contributed by atoms with Crippen LogP contribution in [-0.4, -0.2) is 26.0 Å². The van der Waals surface area contributed by atoms with E-state index in [1.165, 1.54) is 26.0 Å². The molecule has 0 aliphatic rings. The molecule has 2 N–H and O–H groups in total. The topological polar surface area (TPSA) is 83.5 Å². The molecular formula is C11H15NO4S. The number of hydrogen-bond donors (Lipinski definition) is 2. The Labute approximate surface area is 101 Å². The van der Waals surface area contributed by atoms with E-state index in [-0.39, 0.29) is 11.4 Å². The quantitative estimate of drug-likeness (QED) is 0.826. The predicted octanol–water partition coefficient (Wildman–Crippen LogP) is 1.08. The minimum absolute atomic E-state index is 0.126.